The summed E-state index contributed by atoms with van der Waals surface area (Å²) in [4.78, 5) is 10.3. The zero-order chi connectivity index (χ0) is 15.1. The fourth-order valence-electron chi connectivity index (χ4n) is 4.04. The highest BCUT2D eigenvalue weighted by Crippen LogP contribution is 2.50. The third-order valence-corrected chi connectivity index (χ3v) is 5.64. The summed E-state index contributed by atoms with van der Waals surface area (Å²) in [6.07, 6.45) is 5.30. The van der Waals surface area contributed by atoms with Crippen LogP contribution in [0.5, 0.6) is 0 Å². The zero-order valence-corrected chi connectivity index (χ0v) is 13.3. The maximum Gasteiger partial charge on any atom is 0.272 e. The summed E-state index contributed by atoms with van der Waals surface area (Å²) >= 11 is 12.3. The number of hydrogen-bond acceptors (Lipinski definition) is 3. The fraction of sp³-hybridized carbons (Fsp3) is 0.600. The molecule has 2 bridgehead atoms. The number of nitrogens with zero attached hydrogens (tertiary/aromatic N) is 1. The predicted octanol–water partition coefficient (Wildman–Crippen LogP) is 5.14. The number of nitrogens with one attached hydrogen (secondary N) is 1. The first-order valence-corrected chi connectivity index (χ1v) is 8.11. The SMILES string of the molecule is CC(Nc1c(Cl)cc([N+](=O)[O-])cc1Cl)C1CC2CCC1C2. The Hall–Kier alpha value is -1.00. The number of anilines is 1. The van der Waals surface area contributed by atoms with Crippen LogP contribution in [0, 0.1) is 27.9 Å². The van der Waals surface area contributed by atoms with E-state index in [9.17, 15) is 10.1 Å². The summed E-state index contributed by atoms with van der Waals surface area (Å²) in [5, 5.41) is 14.8. The van der Waals surface area contributed by atoms with Crippen molar-refractivity contribution in [2.75, 3.05) is 5.32 Å². The molecule has 0 aliphatic heterocycles. The summed E-state index contributed by atoms with van der Waals surface area (Å²) < 4.78 is 0. The summed E-state index contributed by atoms with van der Waals surface area (Å²) in [5.41, 5.74) is 0.530. The fourth-order valence-corrected chi connectivity index (χ4v) is 4.63. The molecule has 4 nitrogen and oxygen atoms in total. The number of non-ortho nitro benzene ring substituents is 1. The molecule has 21 heavy (non-hydrogen) atoms. The molecular formula is C15H18Cl2N2O2. The smallest absolute Gasteiger partial charge is 0.272 e. The van der Waals surface area contributed by atoms with Gasteiger partial charge in [0.15, 0.2) is 0 Å². The Kier molecular flexibility index (Phi) is 4.02. The van der Waals surface area contributed by atoms with E-state index in [-0.39, 0.29) is 11.7 Å². The molecule has 3 rings (SSSR count). The highest BCUT2D eigenvalue weighted by Gasteiger charge is 2.42. The van der Waals surface area contributed by atoms with Gasteiger partial charge in [-0.15, -0.1) is 0 Å². The first-order chi connectivity index (χ1) is 9.95. The van der Waals surface area contributed by atoms with Crippen LogP contribution in [0.1, 0.15) is 32.6 Å². The van der Waals surface area contributed by atoms with E-state index < -0.39 is 4.92 Å². The minimum absolute atomic E-state index is 0.0804. The van der Waals surface area contributed by atoms with Crippen LogP contribution >= 0.6 is 23.2 Å². The number of nitro benzene ring substituents is 1. The standard InChI is InChI=1S/C15H18Cl2N2O2/c1-8(12-5-9-2-3-10(12)4-9)18-15-13(16)6-11(19(20)21)7-14(15)17/h6-10,12,18H,2-5H2,1H3. The van der Waals surface area contributed by atoms with Crippen LogP contribution in [-0.2, 0) is 0 Å². The number of nitro groups is 1. The molecule has 1 N–H and O–H groups in total. The molecule has 0 spiro atoms. The average molecular weight is 329 g/mol. The van der Waals surface area contributed by atoms with Crippen molar-refractivity contribution in [3.63, 3.8) is 0 Å². The first-order valence-electron chi connectivity index (χ1n) is 7.35. The number of hydrogen-bond donors (Lipinski definition) is 1. The van der Waals surface area contributed by atoms with Crippen LogP contribution in [0.25, 0.3) is 0 Å². The van der Waals surface area contributed by atoms with Crippen molar-refractivity contribution in [3.8, 4) is 0 Å². The van der Waals surface area contributed by atoms with Gasteiger partial charge in [-0.3, -0.25) is 10.1 Å². The van der Waals surface area contributed by atoms with Crippen LogP contribution in [0.4, 0.5) is 11.4 Å². The lowest BCUT2D eigenvalue weighted by molar-refractivity contribution is -0.384. The third kappa shape index (κ3) is 2.84. The van der Waals surface area contributed by atoms with Gasteiger partial charge in [0.1, 0.15) is 0 Å². The van der Waals surface area contributed by atoms with Gasteiger partial charge in [-0.2, -0.15) is 0 Å². The number of fused-ring (bicyclic) bond motifs is 2. The number of halogens is 2. The largest absolute Gasteiger partial charge is 0.380 e. The van der Waals surface area contributed by atoms with Crippen LogP contribution in [0.2, 0.25) is 10.0 Å². The lowest BCUT2D eigenvalue weighted by Gasteiger charge is -2.29. The molecule has 1 aromatic rings. The van der Waals surface area contributed by atoms with E-state index in [1.54, 1.807) is 0 Å². The molecule has 0 radical (unpaired) electrons. The van der Waals surface area contributed by atoms with Crippen LogP contribution < -0.4 is 5.32 Å². The normalized spacial score (nSPS) is 28.6. The highest BCUT2D eigenvalue weighted by atomic mass is 35.5. The quantitative estimate of drug-likeness (QED) is 0.615. The van der Waals surface area contributed by atoms with Gasteiger partial charge in [0, 0.05) is 18.2 Å². The Morgan fingerprint density at radius 1 is 1.29 bits per heavy atom. The Labute approximate surface area is 134 Å². The molecule has 0 amide bonds. The Bertz CT molecular complexity index is 556. The minimum atomic E-state index is -0.485. The molecule has 0 saturated heterocycles. The van der Waals surface area contributed by atoms with E-state index in [2.05, 4.69) is 12.2 Å². The monoisotopic (exact) mass is 328 g/mol. The van der Waals surface area contributed by atoms with E-state index in [4.69, 9.17) is 23.2 Å². The Morgan fingerprint density at radius 2 is 1.95 bits per heavy atom. The van der Waals surface area contributed by atoms with Crippen LogP contribution in [0.15, 0.2) is 12.1 Å². The molecular weight excluding hydrogens is 311 g/mol. The average Bonchev–Trinajstić information content (AvgIpc) is 3.04. The lowest BCUT2D eigenvalue weighted by Crippen LogP contribution is -2.30. The molecule has 0 heterocycles. The first kappa shape index (κ1) is 14.9. The second kappa shape index (κ2) is 5.65. The predicted molar refractivity (Wildman–Crippen MR) is 85.1 cm³/mol. The van der Waals surface area contributed by atoms with E-state index in [0.717, 1.165) is 11.8 Å². The second-order valence-corrected chi connectivity index (χ2v) is 7.13. The van der Waals surface area contributed by atoms with Crippen molar-refractivity contribution >= 4 is 34.6 Å². The maximum absolute atomic E-state index is 10.8. The van der Waals surface area contributed by atoms with Crippen LogP contribution in [0.3, 0.4) is 0 Å². The molecule has 6 heteroatoms. The van der Waals surface area contributed by atoms with Crippen molar-refractivity contribution in [2.45, 2.75) is 38.6 Å². The van der Waals surface area contributed by atoms with Gasteiger partial charge >= 0.3 is 0 Å². The maximum atomic E-state index is 10.8. The molecule has 4 unspecified atom stereocenters. The Morgan fingerprint density at radius 3 is 2.43 bits per heavy atom. The van der Waals surface area contributed by atoms with E-state index in [1.807, 2.05) is 0 Å². The van der Waals surface area contributed by atoms with Gasteiger partial charge in [-0.05, 0) is 43.9 Å². The van der Waals surface area contributed by atoms with Gasteiger partial charge < -0.3 is 5.32 Å². The molecule has 2 aliphatic rings. The van der Waals surface area contributed by atoms with Gasteiger partial charge in [0.25, 0.3) is 5.69 Å². The third-order valence-electron chi connectivity index (χ3n) is 5.04. The van der Waals surface area contributed by atoms with Crippen molar-refractivity contribution < 1.29 is 4.92 Å². The Balaban J connectivity index is 1.77. The lowest BCUT2D eigenvalue weighted by atomic mass is 9.84. The highest BCUT2D eigenvalue weighted by molar-refractivity contribution is 6.39. The van der Waals surface area contributed by atoms with Gasteiger partial charge in [-0.1, -0.05) is 29.6 Å². The van der Waals surface area contributed by atoms with E-state index in [1.165, 1.54) is 37.8 Å². The van der Waals surface area contributed by atoms with Crippen molar-refractivity contribution in [2.24, 2.45) is 17.8 Å². The summed E-state index contributed by atoms with van der Waals surface area (Å²) in [5.74, 6) is 2.33. The van der Waals surface area contributed by atoms with Crippen molar-refractivity contribution in [1.82, 2.24) is 0 Å². The van der Waals surface area contributed by atoms with Crippen molar-refractivity contribution in [3.05, 3.63) is 32.3 Å². The number of rotatable bonds is 4. The molecule has 2 aliphatic carbocycles. The molecule has 114 valence electrons. The molecule has 2 fully saturated rings. The van der Waals surface area contributed by atoms with E-state index in [0.29, 0.717) is 21.7 Å². The topological polar surface area (TPSA) is 55.2 Å². The summed E-state index contributed by atoms with van der Waals surface area (Å²) in [6.45, 7) is 2.15. The minimum Gasteiger partial charge on any atom is -0.380 e. The molecule has 0 aromatic heterocycles. The second-order valence-electron chi connectivity index (χ2n) is 6.31. The zero-order valence-electron chi connectivity index (χ0n) is 11.8. The van der Waals surface area contributed by atoms with Crippen molar-refractivity contribution in [1.29, 1.82) is 0 Å². The van der Waals surface area contributed by atoms with Gasteiger partial charge in [0.2, 0.25) is 0 Å². The number of benzene rings is 1. The molecule has 1 aromatic carbocycles. The van der Waals surface area contributed by atoms with Crippen LogP contribution in [-0.4, -0.2) is 11.0 Å². The van der Waals surface area contributed by atoms with E-state index >= 15 is 0 Å². The molecule has 2 saturated carbocycles. The van der Waals surface area contributed by atoms with Gasteiger partial charge in [0.05, 0.1) is 20.7 Å². The summed E-state index contributed by atoms with van der Waals surface area (Å²) in [7, 11) is 0. The van der Waals surface area contributed by atoms with Gasteiger partial charge in [-0.25, -0.2) is 0 Å². The summed E-state index contributed by atoms with van der Waals surface area (Å²) in [6, 6.07) is 2.98. The molecule has 4 atom stereocenters.